The average molecular weight is 424 g/mol. The zero-order valence-electron chi connectivity index (χ0n) is 15.6. The smallest absolute Gasteiger partial charge is 0.324 e. The summed E-state index contributed by atoms with van der Waals surface area (Å²) in [4.78, 5) is 15.0. The Morgan fingerprint density at radius 2 is 1.92 bits per heavy atom. The van der Waals surface area contributed by atoms with Crippen LogP contribution in [0.2, 0.25) is 0 Å². The molecule has 8 heteroatoms. The highest BCUT2D eigenvalue weighted by Gasteiger charge is 2.26. The van der Waals surface area contributed by atoms with Gasteiger partial charge >= 0.3 is 12.0 Å². The predicted octanol–water partition coefficient (Wildman–Crippen LogP) is 4.07. The van der Waals surface area contributed by atoms with Crippen molar-refractivity contribution in [3.63, 3.8) is 0 Å². The van der Waals surface area contributed by atoms with E-state index in [0.717, 1.165) is 42.6 Å². The van der Waals surface area contributed by atoms with E-state index in [1.165, 1.54) is 0 Å². The maximum Gasteiger partial charge on any atom is 0.324 e. The van der Waals surface area contributed by atoms with Crippen LogP contribution in [0.25, 0.3) is 0 Å². The lowest BCUT2D eigenvalue weighted by Gasteiger charge is -2.33. The van der Waals surface area contributed by atoms with Gasteiger partial charge in [-0.2, -0.15) is 4.98 Å². The van der Waals surface area contributed by atoms with E-state index in [1.807, 2.05) is 0 Å². The van der Waals surface area contributed by atoms with E-state index in [1.54, 1.807) is 12.4 Å². The van der Waals surface area contributed by atoms with Gasteiger partial charge in [0, 0.05) is 31.4 Å². The first-order valence-electron chi connectivity index (χ1n) is 9.22. The highest BCUT2D eigenvalue weighted by Crippen LogP contribution is 2.29. The van der Waals surface area contributed by atoms with Crippen molar-refractivity contribution in [3.8, 4) is 6.01 Å². The molecular formula is C18H26BrN5O2. The number of nitrogens with zero attached hydrogens (tertiary/aromatic N) is 5. The zero-order chi connectivity index (χ0) is 18.5. The van der Waals surface area contributed by atoms with Gasteiger partial charge in [-0.15, -0.1) is 0 Å². The number of halogens is 1. The summed E-state index contributed by atoms with van der Waals surface area (Å²) in [5, 5.41) is 4.06. The highest BCUT2D eigenvalue weighted by atomic mass is 79.9. The van der Waals surface area contributed by atoms with Gasteiger partial charge in [0.15, 0.2) is 5.82 Å². The lowest BCUT2D eigenvalue weighted by molar-refractivity contribution is 0.212. The third-order valence-electron chi connectivity index (χ3n) is 4.96. The van der Waals surface area contributed by atoms with Gasteiger partial charge in [-0.1, -0.05) is 25.9 Å². The second-order valence-corrected chi connectivity index (χ2v) is 8.13. The molecule has 0 amide bonds. The summed E-state index contributed by atoms with van der Waals surface area (Å²) in [6.07, 6.45) is 6.67. The fraction of sp³-hybridized carbons (Fsp3) is 0.667. The lowest BCUT2D eigenvalue weighted by Crippen LogP contribution is -2.36. The van der Waals surface area contributed by atoms with Crippen LogP contribution in [0.5, 0.6) is 6.01 Å². The molecule has 26 heavy (non-hydrogen) atoms. The number of hydrogen-bond acceptors (Lipinski definition) is 7. The molecule has 0 radical (unpaired) electrons. The molecule has 142 valence electrons. The van der Waals surface area contributed by atoms with E-state index in [2.05, 4.69) is 61.7 Å². The second kappa shape index (κ2) is 8.79. The Hall–Kier alpha value is -1.70. The maximum absolute atomic E-state index is 5.65. The van der Waals surface area contributed by atoms with Gasteiger partial charge in [-0.05, 0) is 47.0 Å². The minimum absolute atomic E-state index is 0.291. The van der Waals surface area contributed by atoms with Crippen molar-refractivity contribution in [1.29, 1.82) is 0 Å². The summed E-state index contributed by atoms with van der Waals surface area (Å²) in [7, 11) is 0. The molecule has 3 rings (SSSR count). The summed E-state index contributed by atoms with van der Waals surface area (Å²) < 4.78 is 11.9. The van der Waals surface area contributed by atoms with Crippen molar-refractivity contribution in [2.45, 2.75) is 46.0 Å². The van der Waals surface area contributed by atoms with Crippen LogP contribution in [-0.4, -0.2) is 39.8 Å². The molecule has 1 fully saturated rings. The number of rotatable bonds is 7. The molecule has 2 aromatic heterocycles. The fourth-order valence-electron chi connectivity index (χ4n) is 3.20. The fourth-order valence-corrected chi connectivity index (χ4v) is 3.40. The van der Waals surface area contributed by atoms with Crippen molar-refractivity contribution in [2.75, 3.05) is 24.6 Å². The molecule has 1 aliphatic rings. The molecule has 0 saturated carbocycles. The molecule has 7 nitrogen and oxygen atoms in total. The largest absolute Gasteiger partial charge is 0.463 e. The first kappa shape index (κ1) is 19.1. The van der Waals surface area contributed by atoms with Gasteiger partial charge in [0.05, 0.1) is 11.1 Å². The third-order valence-corrected chi connectivity index (χ3v) is 5.37. The summed E-state index contributed by atoms with van der Waals surface area (Å²) in [5.74, 6) is 2.36. The normalized spacial score (nSPS) is 16.9. The summed E-state index contributed by atoms with van der Waals surface area (Å²) in [6.45, 7) is 9.02. The molecule has 0 aromatic carbocycles. The molecule has 0 N–H and O–H groups in total. The molecule has 3 heterocycles. The first-order valence-corrected chi connectivity index (χ1v) is 10.0. The van der Waals surface area contributed by atoms with Crippen LogP contribution in [-0.2, 0) is 0 Å². The summed E-state index contributed by atoms with van der Waals surface area (Å²) >= 11 is 3.32. The Morgan fingerprint density at radius 1 is 1.23 bits per heavy atom. The Kier molecular flexibility index (Phi) is 6.45. The van der Waals surface area contributed by atoms with Crippen molar-refractivity contribution in [1.82, 2.24) is 20.1 Å². The molecule has 0 unspecified atom stereocenters. The predicted molar refractivity (Wildman–Crippen MR) is 102 cm³/mol. The average Bonchev–Trinajstić information content (AvgIpc) is 3.14. The van der Waals surface area contributed by atoms with Gasteiger partial charge in [-0.25, -0.2) is 9.97 Å². The van der Waals surface area contributed by atoms with Crippen LogP contribution in [0.3, 0.4) is 0 Å². The van der Waals surface area contributed by atoms with Crippen molar-refractivity contribution in [3.05, 3.63) is 22.7 Å². The van der Waals surface area contributed by atoms with Gasteiger partial charge < -0.3 is 14.2 Å². The third kappa shape index (κ3) is 4.93. The number of hydrogen-bond donors (Lipinski definition) is 0. The van der Waals surface area contributed by atoms with Gasteiger partial charge in [0.2, 0.25) is 0 Å². The number of anilines is 1. The summed E-state index contributed by atoms with van der Waals surface area (Å²) in [6, 6.07) is 1.10. The van der Waals surface area contributed by atoms with Gasteiger partial charge in [0.25, 0.3) is 0 Å². The number of piperidine rings is 1. The van der Waals surface area contributed by atoms with Crippen LogP contribution in [0.1, 0.15) is 51.8 Å². The Bertz CT molecular complexity index is 683. The molecular weight excluding hydrogens is 398 g/mol. The van der Waals surface area contributed by atoms with Crippen LogP contribution in [0.15, 0.2) is 21.4 Å². The standard InChI is InChI=1S/C18H26BrN5O2/c1-12(2)16-22-18(26-23-16)24-7-4-14(5-8-24)13(3)6-9-25-17-20-10-15(19)11-21-17/h10-14H,4-9H2,1-3H3/t13-/m1/s1. The second-order valence-electron chi connectivity index (χ2n) is 7.21. The number of ether oxygens (including phenoxy) is 1. The van der Waals surface area contributed by atoms with Crippen molar-refractivity contribution >= 4 is 21.9 Å². The minimum atomic E-state index is 0.291. The molecule has 0 aliphatic carbocycles. The van der Waals surface area contributed by atoms with Crippen LogP contribution >= 0.6 is 15.9 Å². The quantitative estimate of drug-likeness (QED) is 0.663. The lowest BCUT2D eigenvalue weighted by atomic mass is 9.84. The number of aromatic nitrogens is 4. The topological polar surface area (TPSA) is 77.2 Å². The molecule has 1 saturated heterocycles. The molecule has 1 atom stereocenters. The van der Waals surface area contributed by atoms with Gasteiger partial charge in [0.1, 0.15) is 0 Å². The maximum atomic E-state index is 5.65. The van der Waals surface area contributed by atoms with E-state index >= 15 is 0 Å². The Labute approximate surface area is 162 Å². The van der Waals surface area contributed by atoms with E-state index in [4.69, 9.17) is 9.26 Å². The van der Waals surface area contributed by atoms with E-state index in [9.17, 15) is 0 Å². The Balaban J connectivity index is 1.41. The van der Waals surface area contributed by atoms with Crippen LogP contribution < -0.4 is 9.64 Å². The van der Waals surface area contributed by atoms with Crippen LogP contribution in [0, 0.1) is 11.8 Å². The van der Waals surface area contributed by atoms with Gasteiger partial charge in [-0.3, -0.25) is 0 Å². The van der Waals surface area contributed by atoms with E-state index in [-0.39, 0.29) is 0 Å². The Morgan fingerprint density at radius 3 is 2.54 bits per heavy atom. The van der Waals surface area contributed by atoms with Crippen molar-refractivity contribution in [2.24, 2.45) is 11.8 Å². The van der Waals surface area contributed by atoms with Crippen LogP contribution in [0.4, 0.5) is 6.01 Å². The molecule has 2 aromatic rings. The van der Waals surface area contributed by atoms with Crippen molar-refractivity contribution < 1.29 is 9.26 Å². The molecule has 0 bridgehead atoms. The summed E-state index contributed by atoms with van der Waals surface area (Å²) in [5.41, 5.74) is 0. The highest BCUT2D eigenvalue weighted by molar-refractivity contribution is 9.10. The first-order chi connectivity index (χ1) is 12.5. The zero-order valence-corrected chi connectivity index (χ0v) is 17.1. The SMILES string of the molecule is CC(C)c1noc(N2CCC([C@H](C)CCOc3ncc(Br)cn3)CC2)n1. The molecule has 1 aliphatic heterocycles. The van der Waals surface area contributed by atoms with E-state index in [0.29, 0.717) is 36.4 Å². The molecule has 0 spiro atoms. The monoisotopic (exact) mass is 423 g/mol. The minimum Gasteiger partial charge on any atom is -0.463 e. The van der Waals surface area contributed by atoms with E-state index < -0.39 is 0 Å².